The largest absolute Gasteiger partial charge is 0.444 e. The Balaban J connectivity index is 2.17. The molecule has 1 aromatic carbocycles. The first kappa shape index (κ1) is 16.5. The summed E-state index contributed by atoms with van der Waals surface area (Å²) in [4.78, 5) is 18.1. The van der Waals surface area contributed by atoms with E-state index in [0.29, 0.717) is 11.4 Å². The number of ether oxygens (including phenoxy) is 1. The normalized spacial score (nSPS) is 10.7. The smallest absolute Gasteiger partial charge is 0.415 e. The molecule has 0 fully saturated rings. The SMILES string of the molecule is CC(C)(C)N(C(=O)OCc1ccccc1)c1ccc(C#N)nc1. The Labute approximate surface area is 136 Å². The van der Waals surface area contributed by atoms with Gasteiger partial charge in [-0.05, 0) is 38.5 Å². The van der Waals surface area contributed by atoms with E-state index in [0.717, 1.165) is 5.56 Å². The number of aromatic nitrogens is 1. The Morgan fingerprint density at radius 1 is 1.22 bits per heavy atom. The van der Waals surface area contributed by atoms with Crippen molar-refractivity contribution in [1.82, 2.24) is 4.98 Å². The molecule has 0 saturated carbocycles. The van der Waals surface area contributed by atoms with Gasteiger partial charge in [-0.2, -0.15) is 5.26 Å². The summed E-state index contributed by atoms with van der Waals surface area (Å²) in [6.07, 6.45) is 1.06. The van der Waals surface area contributed by atoms with E-state index in [1.807, 2.05) is 57.2 Å². The number of benzene rings is 1. The molecule has 1 aromatic heterocycles. The summed E-state index contributed by atoms with van der Waals surface area (Å²) in [5.74, 6) is 0. The molecule has 0 bridgehead atoms. The number of carbonyl (C=O) groups is 1. The molecule has 2 rings (SSSR count). The first-order valence-corrected chi connectivity index (χ1v) is 7.29. The lowest BCUT2D eigenvalue weighted by Gasteiger charge is -2.34. The maximum absolute atomic E-state index is 12.5. The van der Waals surface area contributed by atoms with Gasteiger partial charge in [0, 0.05) is 5.54 Å². The molecule has 0 aliphatic heterocycles. The molecule has 0 unspecified atom stereocenters. The minimum atomic E-state index is -0.483. The van der Waals surface area contributed by atoms with Gasteiger partial charge in [-0.25, -0.2) is 9.78 Å². The van der Waals surface area contributed by atoms with E-state index in [1.54, 1.807) is 12.1 Å². The topological polar surface area (TPSA) is 66.2 Å². The summed E-state index contributed by atoms with van der Waals surface area (Å²) in [6.45, 7) is 5.94. The number of hydrogen-bond acceptors (Lipinski definition) is 4. The van der Waals surface area contributed by atoms with Crippen LogP contribution in [0.4, 0.5) is 10.5 Å². The highest BCUT2D eigenvalue weighted by Gasteiger charge is 2.29. The summed E-state index contributed by atoms with van der Waals surface area (Å²) < 4.78 is 5.42. The molecule has 0 saturated heterocycles. The summed E-state index contributed by atoms with van der Waals surface area (Å²) >= 11 is 0. The van der Waals surface area contributed by atoms with Crippen molar-refractivity contribution in [2.45, 2.75) is 32.9 Å². The number of rotatable bonds is 3. The van der Waals surface area contributed by atoms with Gasteiger partial charge in [0.2, 0.25) is 0 Å². The molecule has 1 heterocycles. The number of nitriles is 1. The van der Waals surface area contributed by atoms with Crippen LogP contribution in [-0.2, 0) is 11.3 Å². The van der Waals surface area contributed by atoms with Crippen molar-refractivity contribution in [3.63, 3.8) is 0 Å². The molecule has 0 aliphatic carbocycles. The fourth-order valence-electron chi connectivity index (χ4n) is 2.13. The van der Waals surface area contributed by atoms with E-state index < -0.39 is 11.6 Å². The molecule has 2 aromatic rings. The average molecular weight is 309 g/mol. The first-order chi connectivity index (χ1) is 10.9. The van der Waals surface area contributed by atoms with Crippen LogP contribution in [-0.4, -0.2) is 16.6 Å². The third-order valence-corrected chi connectivity index (χ3v) is 3.18. The molecule has 0 spiro atoms. The quantitative estimate of drug-likeness (QED) is 0.862. The highest BCUT2D eigenvalue weighted by atomic mass is 16.6. The molecule has 118 valence electrons. The van der Waals surface area contributed by atoms with Gasteiger partial charge >= 0.3 is 6.09 Å². The maximum atomic E-state index is 12.5. The molecule has 23 heavy (non-hydrogen) atoms. The summed E-state index contributed by atoms with van der Waals surface area (Å²) in [5.41, 5.74) is 1.34. The van der Waals surface area contributed by atoms with Crippen LogP contribution in [0.2, 0.25) is 0 Å². The van der Waals surface area contributed by atoms with Gasteiger partial charge in [0.15, 0.2) is 0 Å². The van der Waals surface area contributed by atoms with E-state index in [-0.39, 0.29) is 6.61 Å². The van der Waals surface area contributed by atoms with Crippen LogP contribution >= 0.6 is 0 Å². The second-order valence-corrected chi connectivity index (χ2v) is 6.06. The van der Waals surface area contributed by atoms with Gasteiger partial charge in [-0.3, -0.25) is 4.90 Å². The number of nitrogens with zero attached hydrogens (tertiary/aromatic N) is 3. The van der Waals surface area contributed by atoms with Crippen molar-refractivity contribution in [3.05, 3.63) is 59.9 Å². The number of hydrogen-bond donors (Lipinski definition) is 0. The molecular formula is C18H19N3O2. The van der Waals surface area contributed by atoms with Crippen LogP contribution in [0.15, 0.2) is 48.7 Å². The molecule has 0 aliphatic rings. The van der Waals surface area contributed by atoms with Crippen LogP contribution in [0, 0.1) is 11.3 Å². The van der Waals surface area contributed by atoms with Gasteiger partial charge in [-0.1, -0.05) is 30.3 Å². The zero-order chi connectivity index (χ0) is 16.9. The molecule has 0 N–H and O–H groups in total. The molecule has 5 heteroatoms. The number of pyridine rings is 1. The third-order valence-electron chi connectivity index (χ3n) is 3.18. The fourth-order valence-corrected chi connectivity index (χ4v) is 2.13. The lowest BCUT2D eigenvalue weighted by atomic mass is 10.1. The monoisotopic (exact) mass is 309 g/mol. The van der Waals surface area contributed by atoms with Gasteiger partial charge in [-0.15, -0.1) is 0 Å². The maximum Gasteiger partial charge on any atom is 0.415 e. The van der Waals surface area contributed by atoms with Crippen molar-refractivity contribution < 1.29 is 9.53 Å². The van der Waals surface area contributed by atoms with Crippen LogP contribution < -0.4 is 4.90 Å². The summed E-state index contributed by atoms with van der Waals surface area (Å²) in [5, 5.41) is 8.83. The minimum absolute atomic E-state index is 0.204. The Morgan fingerprint density at radius 3 is 2.43 bits per heavy atom. The Morgan fingerprint density at radius 2 is 1.91 bits per heavy atom. The van der Waals surface area contributed by atoms with Crippen LogP contribution in [0.3, 0.4) is 0 Å². The van der Waals surface area contributed by atoms with Gasteiger partial charge in [0.25, 0.3) is 0 Å². The van der Waals surface area contributed by atoms with Crippen molar-refractivity contribution in [2.75, 3.05) is 4.90 Å². The second kappa shape index (κ2) is 6.93. The van der Waals surface area contributed by atoms with E-state index >= 15 is 0 Å². The van der Waals surface area contributed by atoms with E-state index in [2.05, 4.69) is 4.98 Å². The predicted octanol–water partition coefficient (Wildman–Crippen LogP) is 3.89. The molecule has 0 radical (unpaired) electrons. The van der Waals surface area contributed by atoms with Gasteiger partial charge in [0.05, 0.1) is 11.9 Å². The number of anilines is 1. The Kier molecular flexibility index (Phi) is 4.97. The molecular weight excluding hydrogens is 290 g/mol. The lowest BCUT2D eigenvalue weighted by Crippen LogP contribution is -2.46. The number of carbonyl (C=O) groups excluding carboxylic acids is 1. The summed E-state index contributed by atoms with van der Waals surface area (Å²) in [7, 11) is 0. The van der Waals surface area contributed by atoms with Crippen LogP contribution in [0.1, 0.15) is 32.0 Å². The highest BCUT2D eigenvalue weighted by molar-refractivity contribution is 5.88. The zero-order valence-corrected chi connectivity index (χ0v) is 13.5. The van der Waals surface area contributed by atoms with E-state index in [1.165, 1.54) is 11.1 Å². The zero-order valence-electron chi connectivity index (χ0n) is 13.5. The Bertz CT molecular complexity index is 698. The molecule has 5 nitrogen and oxygen atoms in total. The lowest BCUT2D eigenvalue weighted by molar-refractivity contribution is 0.141. The van der Waals surface area contributed by atoms with Crippen molar-refractivity contribution >= 4 is 11.8 Å². The minimum Gasteiger partial charge on any atom is -0.444 e. The molecule has 1 amide bonds. The van der Waals surface area contributed by atoms with E-state index in [4.69, 9.17) is 10.00 Å². The average Bonchev–Trinajstić information content (AvgIpc) is 2.53. The Hall–Kier alpha value is -2.87. The van der Waals surface area contributed by atoms with Crippen molar-refractivity contribution in [3.8, 4) is 6.07 Å². The predicted molar refractivity (Wildman–Crippen MR) is 87.8 cm³/mol. The van der Waals surface area contributed by atoms with Crippen LogP contribution in [0.5, 0.6) is 0 Å². The first-order valence-electron chi connectivity index (χ1n) is 7.29. The standard InChI is InChI=1S/C18H19N3O2/c1-18(2,3)21(16-10-9-15(11-19)20-12-16)17(22)23-13-14-7-5-4-6-8-14/h4-10,12H,13H2,1-3H3. The number of amides is 1. The van der Waals surface area contributed by atoms with Gasteiger partial charge in [0.1, 0.15) is 18.4 Å². The summed E-state index contributed by atoms with van der Waals surface area (Å²) in [6, 6.07) is 14.7. The second-order valence-electron chi connectivity index (χ2n) is 6.06. The third kappa shape index (κ3) is 4.30. The van der Waals surface area contributed by atoms with Crippen molar-refractivity contribution in [2.24, 2.45) is 0 Å². The fraction of sp³-hybridized carbons (Fsp3) is 0.278. The van der Waals surface area contributed by atoms with Gasteiger partial charge < -0.3 is 4.74 Å². The molecule has 0 atom stereocenters. The highest BCUT2D eigenvalue weighted by Crippen LogP contribution is 2.24. The van der Waals surface area contributed by atoms with Crippen molar-refractivity contribution in [1.29, 1.82) is 5.26 Å². The van der Waals surface area contributed by atoms with E-state index in [9.17, 15) is 4.79 Å². The van der Waals surface area contributed by atoms with Crippen LogP contribution in [0.25, 0.3) is 0 Å².